The molecule has 0 amide bonds. The van der Waals surface area contributed by atoms with Crippen LogP contribution in [-0.2, 0) is 20.2 Å². The first-order valence-electron chi connectivity index (χ1n) is 8.89. The summed E-state index contributed by atoms with van der Waals surface area (Å²) < 4.78 is 64.4. The number of benzene rings is 4. The molecule has 0 bridgehead atoms. The first kappa shape index (κ1) is 21.6. The SMILES string of the molecule is Nc1ccc(N=Nc2ccc3ccc(S(=O)(=O)O)cc3c2)c2cc(S(=O)(=O)O)cc(O)c12. The molecule has 0 radical (unpaired) electrons. The molecule has 12 heteroatoms. The summed E-state index contributed by atoms with van der Waals surface area (Å²) in [5.74, 6) is -0.451. The van der Waals surface area contributed by atoms with Gasteiger partial charge in [0.1, 0.15) is 5.75 Å². The number of fused-ring (bicyclic) bond motifs is 2. The van der Waals surface area contributed by atoms with Crippen molar-refractivity contribution >= 4 is 58.8 Å². The Hall–Kier alpha value is -3.58. The van der Waals surface area contributed by atoms with Gasteiger partial charge in [0.15, 0.2) is 0 Å². The van der Waals surface area contributed by atoms with E-state index < -0.39 is 30.9 Å². The molecule has 10 nitrogen and oxygen atoms in total. The minimum Gasteiger partial charge on any atom is -0.507 e. The largest absolute Gasteiger partial charge is 0.507 e. The number of hydrogen-bond donors (Lipinski definition) is 4. The van der Waals surface area contributed by atoms with E-state index in [1.165, 1.54) is 30.3 Å². The standard InChI is InChI=1S/C20H15N3O7S2/c21-17-5-6-18(16-9-15(32(28,29)30)10-19(24)20(16)17)23-22-13-3-1-11-2-4-14(31(25,26)27)8-12(11)7-13/h1-10,24H,21H2,(H,25,26,27)(H,28,29,30). The summed E-state index contributed by atoms with van der Waals surface area (Å²) in [4.78, 5) is -0.801. The van der Waals surface area contributed by atoms with E-state index in [9.17, 15) is 31.0 Å². The number of anilines is 1. The lowest BCUT2D eigenvalue weighted by Crippen LogP contribution is -1.98. The van der Waals surface area contributed by atoms with Gasteiger partial charge in [0.25, 0.3) is 20.2 Å². The topological polar surface area (TPSA) is 180 Å². The van der Waals surface area contributed by atoms with Gasteiger partial charge in [-0.25, -0.2) is 0 Å². The van der Waals surface area contributed by atoms with Crippen molar-refractivity contribution < 1.29 is 31.0 Å². The number of aromatic hydroxyl groups is 1. The number of nitrogen functional groups attached to an aromatic ring is 1. The minimum atomic E-state index is -4.60. The maximum atomic E-state index is 11.5. The summed E-state index contributed by atoms with van der Waals surface area (Å²) in [5, 5.41) is 19.9. The summed E-state index contributed by atoms with van der Waals surface area (Å²) in [6, 6.07) is 13.9. The Morgan fingerprint density at radius 2 is 1.41 bits per heavy atom. The molecule has 0 heterocycles. The lowest BCUT2D eigenvalue weighted by Gasteiger charge is -2.09. The molecule has 0 aromatic heterocycles. The average molecular weight is 473 g/mol. The molecule has 0 fully saturated rings. The fraction of sp³-hybridized carbons (Fsp3) is 0. The summed E-state index contributed by atoms with van der Waals surface area (Å²) in [5.41, 5.74) is 6.56. The second-order valence-electron chi connectivity index (χ2n) is 6.88. The van der Waals surface area contributed by atoms with Crippen LogP contribution in [0.25, 0.3) is 21.5 Å². The summed E-state index contributed by atoms with van der Waals surface area (Å²) in [6.45, 7) is 0. The molecule has 0 aliphatic carbocycles. The van der Waals surface area contributed by atoms with Crippen LogP contribution in [0.3, 0.4) is 0 Å². The third-order valence-electron chi connectivity index (χ3n) is 4.74. The van der Waals surface area contributed by atoms with Crippen LogP contribution < -0.4 is 5.73 Å². The maximum Gasteiger partial charge on any atom is 0.294 e. The second kappa shape index (κ2) is 7.53. The second-order valence-corrected chi connectivity index (χ2v) is 9.73. The predicted octanol–water partition coefficient (Wildman–Crippen LogP) is 4.19. The van der Waals surface area contributed by atoms with Gasteiger partial charge < -0.3 is 10.8 Å². The zero-order valence-electron chi connectivity index (χ0n) is 16.0. The molecular weight excluding hydrogens is 458 g/mol. The van der Waals surface area contributed by atoms with Crippen LogP contribution in [0.4, 0.5) is 17.1 Å². The summed E-state index contributed by atoms with van der Waals surface area (Å²) in [6.07, 6.45) is 0. The van der Waals surface area contributed by atoms with Crippen molar-refractivity contribution in [3.63, 3.8) is 0 Å². The molecule has 4 aromatic rings. The van der Waals surface area contributed by atoms with E-state index in [0.29, 0.717) is 16.5 Å². The van der Waals surface area contributed by atoms with E-state index >= 15 is 0 Å². The molecule has 0 saturated heterocycles. The fourth-order valence-corrected chi connectivity index (χ4v) is 4.27. The van der Waals surface area contributed by atoms with Crippen LogP contribution >= 0.6 is 0 Å². The first-order valence-corrected chi connectivity index (χ1v) is 11.8. The van der Waals surface area contributed by atoms with Crippen molar-refractivity contribution in [2.45, 2.75) is 9.79 Å². The highest BCUT2D eigenvalue weighted by atomic mass is 32.2. The molecule has 0 aliphatic heterocycles. The van der Waals surface area contributed by atoms with Gasteiger partial charge in [0.05, 0.1) is 21.2 Å². The number of nitrogens with zero attached hydrogens (tertiary/aromatic N) is 2. The molecule has 0 saturated carbocycles. The summed E-state index contributed by atoms with van der Waals surface area (Å²) in [7, 11) is -8.97. The summed E-state index contributed by atoms with van der Waals surface area (Å²) >= 11 is 0. The average Bonchev–Trinajstić information content (AvgIpc) is 2.71. The molecule has 0 atom stereocenters. The predicted molar refractivity (Wildman–Crippen MR) is 118 cm³/mol. The van der Waals surface area contributed by atoms with Crippen molar-refractivity contribution in [2.24, 2.45) is 10.2 Å². The smallest absolute Gasteiger partial charge is 0.294 e. The molecule has 4 rings (SSSR count). The molecular formula is C20H15N3O7S2. The molecule has 5 N–H and O–H groups in total. The highest BCUT2D eigenvalue weighted by Gasteiger charge is 2.17. The lowest BCUT2D eigenvalue weighted by atomic mass is 10.1. The van der Waals surface area contributed by atoms with E-state index in [2.05, 4.69) is 10.2 Å². The van der Waals surface area contributed by atoms with E-state index in [-0.39, 0.29) is 27.0 Å². The van der Waals surface area contributed by atoms with Crippen molar-refractivity contribution in [1.29, 1.82) is 0 Å². The van der Waals surface area contributed by atoms with Crippen molar-refractivity contribution in [1.82, 2.24) is 0 Å². The zero-order chi connectivity index (χ0) is 23.3. The Bertz CT molecular complexity index is 1650. The minimum absolute atomic E-state index is 0.144. The molecule has 4 aromatic carbocycles. The highest BCUT2D eigenvalue weighted by Crippen LogP contribution is 2.39. The van der Waals surface area contributed by atoms with E-state index in [1.807, 2.05) is 0 Å². The van der Waals surface area contributed by atoms with Crippen LogP contribution in [0.15, 0.2) is 80.7 Å². The highest BCUT2D eigenvalue weighted by molar-refractivity contribution is 7.86. The van der Waals surface area contributed by atoms with Crippen LogP contribution in [0.2, 0.25) is 0 Å². The van der Waals surface area contributed by atoms with Gasteiger partial charge in [-0.2, -0.15) is 21.9 Å². The monoisotopic (exact) mass is 473 g/mol. The van der Waals surface area contributed by atoms with E-state index in [4.69, 9.17) is 5.73 Å². The Kier molecular flexibility index (Phi) is 5.09. The Balaban J connectivity index is 1.84. The maximum absolute atomic E-state index is 11.5. The van der Waals surface area contributed by atoms with Crippen LogP contribution in [-0.4, -0.2) is 31.0 Å². The molecule has 0 unspecified atom stereocenters. The van der Waals surface area contributed by atoms with Gasteiger partial charge in [-0.1, -0.05) is 12.1 Å². The molecule has 164 valence electrons. The van der Waals surface area contributed by atoms with Crippen molar-refractivity contribution in [3.8, 4) is 5.75 Å². The Morgan fingerprint density at radius 1 is 0.719 bits per heavy atom. The molecule has 32 heavy (non-hydrogen) atoms. The van der Waals surface area contributed by atoms with Gasteiger partial charge in [-0.05, 0) is 53.2 Å². The normalized spacial score (nSPS) is 12.7. The number of hydrogen-bond acceptors (Lipinski definition) is 8. The Labute approximate surface area is 182 Å². The third kappa shape index (κ3) is 4.11. The van der Waals surface area contributed by atoms with Crippen LogP contribution in [0.5, 0.6) is 5.75 Å². The zero-order valence-corrected chi connectivity index (χ0v) is 17.7. The number of rotatable bonds is 4. The number of phenolic OH excluding ortho intramolecular Hbond substituents is 1. The van der Waals surface area contributed by atoms with Gasteiger partial charge >= 0.3 is 0 Å². The third-order valence-corrected chi connectivity index (χ3v) is 6.42. The van der Waals surface area contributed by atoms with Crippen molar-refractivity contribution in [2.75, 3.05) is 5.73 Å². The molecule has 0 spiro atoms. The van der Waals surface area contributed by atoms with Crippen molar-refractivity contribution in [3.05, 3.63) is 60.7 Å². The van der Waals surface area contributed by atoms with Gasteiger partial charge in [-0.15, -0.1) is 5.11 Å². The molecule has 0 aliphatic rings. The van der Waals surface area contributed by atoms with Crippen LogP contribution in [0, 0.1) is 0 Å². The van der Waals surface area contributed by atoms with Gasteiger partial charge in [0, 0.05) is 22.5 Å². The van der Waals surface area contributed by atoms with Crippen LogP contribution in [0.1, 0.15) is 0 Å². The van der Waals surface area contributed by atoms with E-state index in [0.717, 1.165) is 12.1 Å². The van der Waals surface area contributed by atoms with Gasteiger partial charge in [-0.3, -0.25) is 9.11 Å². The number of azo groups is 1. The fourth-order valence-electron chi connectivity index (χ4n) is 3.23. The van der Waals surface area contributed by atoms with E-state index in [1.54, 1.807) is 18.2 Å². The Morgan fingerprint density at radius 3 is 2.09 bits per heavy atom. The number of nitrogens with two attached hydrogens (primary N) is 1. The quantitative estimate of drug-likeness (QED) is 0.193. The van der Waals surface area contributed by atoms with Gasteiger partial charge in [0.2, 0.25) is 0 Å². The number of phenols is 1. The lowest BCUT2D eigenvalue weighted by molar-refractivity contribution is 0.471. The first-order chi connectivity index (χ1) is 14.9.